The minimum absolute atomic E-state index is 0.0369. The molecular weight excluding hydrogens is 309 g/mol. The lowest BCUT2D eigenvalue weighted by Gasteiger charge is -2.03. The molecule has 1 heterocycles. The molecule has 1 aromatic carbocycles. The first kappa shape index (κ1) is 14.7. The molecule has 0 bridgehead atoms. The molecule has 0 N–H and O–H groups in total. The number of aryl methyl sites for hydroxylation is 1. The number of hydrogen-bond acceptors (Lipinski definition) is 3. The number of hydrogen-bond donors (Lipinski definition) is 0. The van der Waals surface area contributed by atoms with Crippen LogP contribution in [0.15, 0.2) is 29.3 Å². The van der Waals surface area contributed by atoms with Gasteiger partial charge in [-0.1, -0.05) is 6.92 Å². The first-order chi connectivity index (χ1) is 8.93. The number of halogens is 2. The maximum Gasteiger partial charge on any atom is 0.263 e. The average molecular weight is 322 g/mol. The van der Waals surface area contributed by atoms with Gasteiger partial charge in [-0.25, -0.2) is 12.8 Å². The second-order valence-electron chi connectivity index (χ2n) is 3.98. The molecule has 1 aromatic heterocycles. The maximum atomic E-state index is 13.3. The predicted molar refractivity (Wildman–Crippen MR) is 77.9 cm³/mol. The molecular formula is C12H13ClFNO2S2. The van der Waals surface area contributed by atoms with E-state index in [4.69, 9.17) is 10.7 Å². The highest BCUT2D eigenvalue weighted by atomic mass is 35.7. The van der Waals surface area contributed by atoms with Crippen molar-refractivity contribution in [3.05, 3.63) is 30.2 Å². The predicted octanol–water partition coefficient (Wildman–Crippen LogP) is 3.46. The van der Waals surface area contributed by atoms with Gasteiger partial charge in [0.1, 0.15) is 10.7 Å². The molecule has 0 unspecified atom stereocenters. The molecule has 19 heavy (non-hydrogen) atoms. The first-order valence-electron chi connectivity index (χ1n) is 5.74. The van der Waals surface area contributed by atoms with Crippen LogP contribution < -0.4 is 0 Å². The topological polar surface area (TPSA) is 39.1 Å². The van der Waals surface area contributed by atoms with Crippen LogP contribution in [0.3, 0.4) is 0 Å². The van der Waals surface area contributed by atoms with Crippen molar-refractivity contribution in [2.45, 2.75) is 18.4 Å². The molecule has 0 saturated heterocycles. The molecule has 0 aliphatic carbocycles. The normalized spacial score (nSPS) is 12.2. The fourth-order valence-corrected chi connectivity index (χ4v) is 3.59. The standard InChI is InChI=1S/C12H13ClFNO2S2/c1-2-18-6-5-15-8-12(19(13,16)17)10-7-9(14)3-4-11(10)15/h3-4,7-8H,2,5-6H2,1H3. The average Bonchev–Trinajstić information content (AvgIpc) is 2.67. The number of benzene rings is 1. The fraction of sp³-hybridized carbons (Fsp3) is 0.333. The van der Waals surface area contributed by atoms with E-state index in [1.165, 1.54) is 18.3 Å². The summed E-state index contributed by atoms with van der Waals surface area (Å²) in [4.78, 5) is -0.0369. The van der Waals surface area contributed by atoms with Gasteiger partial charge in [-0.2, -0.15) is 11.8 Å². The second kappa shape index (κ2) is 5.73. The highest BCUT2D eigenvalue weighted by Gasteiger charge is 2.19. The van der Waals surface area contributed by atoms with E-state index in [-0.39, 0.29) is 4.90 Å². The molecule has 0 amide bonds. The molecule has 3 nitrogen and oxygen atoms in total. The number of thioether (sulfide) groups is 1. The maximum absolute atomic E-state index is 13.3. The molecule has 2 rings (SSSR count). The van der Waals surface area contributed by atoms with E-state index in [0.717, 1.165) is 11.5 Å². The van der Waals surface area contributed by atoms with Crippen LogP contribution in [0, 0.1) is 5.82 Å². The number of rotatable bonds is 5. The minimum Gasteiger partial charge on any atom is -0.345 e. The Morgan fingerprint density at radius 2 is 2.16 bits per heavy atom. The Hall–Kier alpha value is -0.720. The van der Waals surface area contributed by atoms with Crippen molar-refractivity contribution in [3.63, 3.8) is 0 Å². The van der Waals surface area contributed by atoms with Gasteiger partial charge in [-0.05, 0) is 24.0 Å². The lowest BCUT2D eigenvalue weighted by atomic mass is 10.2. The van der Waals surface area contributed by atoms with E-state index < -0.39 is 14.9 Å². The van der Waals surface area contributed by atoms with E-state index in [9.17, 15) is 12.8 Å². The summed E-state index contributed by atoms with van der Waals surface area (Å²) in [7, 11) is 1.52. The fourth-order valence-electron chi connectivity index (χ4n) is 1.92. The van der Waals surface area contributed by atoms with Crippen molar-refractivity contribution >= 4 is 42.4 Å². The van der Waals surface area contributed by atoms with Crippen LogP contribution in [0.5, 0.6) is 0 Å². The van der Waals surface area contributed by atoms with Gasteiger partial charge < -0.3 is 4.57 Å². The molecule has 0 atom stereocenters. The third-order valence-electron chi connectivity index (χ3n) is 2.75. The summed E-state index contributed by atoms with van der Waals surface area (Å²) in [5, 5.41) is 0.330. The molecule has 0 aliphatic rings. The SMILES string of the molecule is CCSCCn1cc(S(=O)(=O)Cl)c2cc(F)ccc21. The summed E-state index contributed by atoms with van der Waals surface area (Å²) in [6, 6.07) is 4.09. The monoisotopic (exact) mass is 321 g/mol. The highest BCUT2D eigenvalue weighted by Crippen LogP contribution is 2.28. The molecule has 0 aliphatic heterocycles. The van der Waals surface area contributed by atoms with Gasteiger partial charge in [0.25, 0.3) is 9.05 Å². The van der Waals surface area contributed by atoms with E-state index >= 15 is 0 Å². The van der Waals surface area contributed by atoms with Crippen LogP contribution in [-0.4, -0.2) is 24.5 Å². The van der Waals surface area contributed by atoms with Crippen molar-refractivity contribution in [3.8, 4) is 0 Å². The van der Waals surface area contributed by atoms with Gasteiger partial charge in [-0.3, -0.25) is 0 Å². The Kier molecular flexibility index (Phi) is 4.43. The van der Waals surface area contributed by atoms with Gasteiger partial charge in [0.2, 0.25) is 0 Å². The van der Waals surface area contributed by atoms with Crippen molar-refractivity contribution in [2.24, 2.45) is 0 Å². The van der Waals surface area contributed by atoms with Gasteiger partial charge in [0.15, 0.2) is 0 Å². The minimum atomic E-state index is -3.88. The lowest BCUT2D eigenvalue weighted by Crippen LogP contribution is -1.99. The lowest BCUT2D eigenvalue weighted by molar-refractivity contribution is 0.609. The zero-order valence-electron chi connectivity index (χ0n) is 10.3. The Balaban J connectivity index is 2.54. The van der Waals surface area contributed by atoms with Gasteiger partial charge in [0, 0.05) is 40.1 Å². The summed E-state index contributed by atoms with van der Waals surface area (Å²) < 4.78 is 38.1. The third kappa shape index (κ3) is 3.24. The molecule has 0 fully saturated rings. The summed E-state index contributed by atoms with van der Waals surface area (Å²) in [6.07, 6.45) is 1.47. The van der Waals surface area contributed by atoms with Crippen LogP contribution in [-0.2, 0) is 15.6 Å². The van der Waals surface area contributed by atoms with Crippen LogP contribution in [0.1, 0.15) is 6.92 Å². The van der Waals surface area contributed by atoms with Crippen LogP contribution >= 0.6 is 22.4 Å². The summed E-state index contributed by atoms with van der Waals surface area (Å²) in [6.45, 7) is 2.72. The van der Waals surface area contributed by atoms with Gasteiger partial charge >= 0.3 is 0 Å². The highest BCUT2D eigenvalue weighted by molar-refractivity contribution is 8.14. The summed E-state index contributed by atoms with van der Waals surface area (Å²) >= 11 is 1.75. The zero-order valence-corrected chi connectivity index (χ0v) is 12.7. The quantitative estimate of drug-likeness (QED) is 0.625. The number of fused-ring (bicyclic) bond motifs is 1. The smallest absolute Gasteiger partial charge is 0.263 e. The van der Waals surface area contributed by atoms with Crippen molar-refractivity contribution in [1.29, 1.82) is 0 Å². The summed E-state index contributed by atoms with van der Waals surface area (Å²) in [5.41, 5.74) is 0.678. The Labute approximate surface area is 120 Å². The van der Waals surface area contributed by atoms with Crippen molar-refractivity contribution in [1.82, 2.24) is 4.57 Å². The molecule has 0 spiro atoms. The molecule has 104 valence electrons. The van der Waals surface area contributed by atoms with Crippen LogP contribution in [0.2, 0.25) is 0 Å². The molecule has 0 saturated carbocycles. The zero-order chi connectivity index (χ0) is 14.0. The van der Waals surface area contributed by atoms with Crippen molar-refractivity contribution in [2.75, 3.05) is 11.5 Å². The van der Waals surface area contributed by atoms with E-state index in [1.807, 2.05) is 0 Å². The molecule has 7 heteroatoms. The van der Waals surface area contributed by atoms with Gasteiger partial charge in [0.05, 0.1) is 0 Å². The third-order valence-corrected chi connectivity index (χ3v) is 4.98. The Morgan fingerprint density at radius 1 is 1.42 bits per heavy atom. The first-order valence-corrected chi connectivity index (χ1v) is 9.20. The summed E-state index contributed by atoms with van der Waals surface area (Å²) in [5.74, 6) is 1.38. The number of nitrogens with zero attached hydrogens (tertiary/aromatic N) is 1. The van der Waals surface area contributed by atoms with Crippen LogP contribution in [0.4, 0.5) is 4.39 Å². The largest absolute Gasteiger partial charge is 0.345 e. The van der Waals surface area contributed by atoms with Gasteiger partial charge in [-0.15, -0.1) is 0 Å². The Morgan fingerprint density at radius 3 is 2.79 bits per heavy atom. The van der Waals surface area contributed by atoms with Crippen molar-refractivity contribution < 1.29 is 12.8 Å². The van der Waals surface area contributed by atoms with E-state index in [2.05, 4.69) is 6.92 Å². The number of aromatic nitrogens is 1. The van der Waals surface area contributed by atoms with Crippen LogP contribution in [0.25, 0.3) is 10.9 Å². The second-order valence-corrected chi connectivity index (χ2v) is 7.91. The molecule has 2 aromatic rings. The van der Waals surface area contributed by atoms with E-state index in [0.29, 0.717) is 17.4 Å². The molecule has 0 radical (unpaired) electrons. The Bertz CT molecular complexity index is 697. The van der Waals surface area contributed by atoms with E-state index in [1.54, 1.807) is 22.4 Å².